The van der Waals surface area contributed by atoms with Gasteiger partial charge in [-0.2, -0.15) is 4.31 Å². The Hall–Kier alpha value is -0.860. The summed E-state index contributed by atoms with van der Waals surface area (Å²) in [6, 6.07) is 4.10. The maximum absolute atomic E-state index is 12.8. The molecule has 1 aromatic carbocycles. The molecule has 1 fully saturated rings. The molecular formula is C15H21Cl2N3O3S. The van der Waals surface area contributed by atoms with Gasteiger partial charge in [0.1, 0.15) is 4.90 Å². The Morgan fingerprint density at radius 1 is 1.25 bits per heavy atom. The van der Waals surface area contributed by atoms with Crippen LogP contribution in [0.5, 0.6) is 0 Å². The number of likely N-dealkylation sites (N-methyl/N-ethyl adjacent to an activating group) is 1. The van der Waals surface area contributed by atoms with Crippen LogP contribution in [0.3, 0.4) is 0 Å². The van der Waals surface area contributed by atoms with Gasteiger partial charge in [0.2, 0.25) is 15.9 Å². The second-order valence-corrected chi connectivity index (χ2v) is 8.34. The predicted octanol–water partition coefficient (Wildman–Crippen LogP) is 1.82. The maximum atomic E-state index is 12.8. The molecule has 0 saturated carbocycles. The van der Waals surface area contributed by atoms with Gasteiger partial charge >= 0.3 is 0 Å². The molecule has 1 amide bonds. The standard InChI is InChI=1S/C15H21Cl2N3O3S/c1-3-18-15(21)11(2)19-6-8-20(9-7-19)24(22,23)14-10-12(16)4-5-13(14)17/h4-5,10-11H,3,6-9H2,1-2H3,(H,18,21)/t11-/m0/s1. The highest BCUT2D eigenvalue weighted by atomic mass is 35.5. The first-order valence-electron chi connectivity index (χ1n) is 7.74. The number of carbonyl (C=O) groups excluding carboxylic acids is 1. The van der Waals surface area contributed by atoms with Crippen molar-refractivity contribution in [3.05, 3.63) is 28.2 Å². The van der Waals surface area contributed by atoms with Crippen LogP contribution in [0.4, 0.5) is 0 Å². The molecule has 0 aliphatic carbocycles. The second-order valence-electron chi connectivity index (χ2n) is 5.59. The third kappa shape index (κ3) is 4.21. The summed E-state index contributed by atoms with van der Waals surface area (Å²) in [5.41, 5.74) is 0. The Labute approximate surface area is 152 Å². The van der Waals surface area contributed by atoms with E-state index in [1.807, 2.05) is 18.7 Å². The van der Waals surface area contributed by atoms with Crippen LogP contribution >= 0.6 is 23.2 Å². The zero-order chi connectivity index (χ0) is 17.9. The monoisotopic (exact) mass is 393 g/mol. The van der Waals surface area contributed by atoms with E-state index < -0.39 is 10.0 Å². The van der Waals surface area contributed by atoms with Gasteiger partial charge in [-0.25, -0.2) is 8.42 Å². The van der Waals surface area contributed by atoms with Crippen LogP contribution in [0.2, 0.25) is 10.0 Å². The van der Waals surface area contributed by atoms with Gasteiger partial charge in [0, 0.05) is 37.7 Å². The third-order valence-electron chi connectivity index (χ3n) is 4.06. The molecule has 2 rings (SSSR count). The van der Waals surface area contributed by atoms with Gasteiger partial charge in [-0.05, 0) is 32.0 Å². The van der Waals surface area contributed by atoms with Crippen molar-refractivity contribution < 1.29 is 13.2 Å². The zero-order valence-electron chi connectivity index (χ0n) is 13.6. The summed E-state index contributed by atoms with van der Waals surface area (Å²) in [6.45, 7) is 5.83. The van der Waals surface area contributed by atoms with Crippen LogP contribution in [0.1, 0.15) is 13.8 Å². The van der Waals surface area contributed by atoms with Crippen LogP contribution in [0.15, 0.2) is 23.1 Å². The number of halogens is 2. The van der Waals surface area contributed by atoms with E-state index in [9.17, 15) is 13.2 Å². The average molecular weight is 394 g/mol. The number of carbonyl (C=O) groups is 1. The van der Waals surface area contributed by atoms with Crippen LogP contribution in [0.25, 0.3) is 0 Å². The Morgan fingerprint density at radius 3 is 2.46 bits per heavy atom. The van der Waals surface area contributed by atoms with E-state index in [1.54, 1.807) is 6.07 Å². The van der Waals surface area contributed by atoms with Crippen LogP contribution < -0.4 is 5.32 Å². The lowest BCUT2D eigenvalue weighted by Gasteiger charge is -2.36. The summed E-state index contributed by atoms with van der Waals surface area (Å²) >= 11 is 11.9. The number of nitrogens with one attached hydrogen (secondary N) is 1. The first-order chi connectivity index (χ1) is 11.3. The Balaban J connectivity index is 2.08. The molecule has 1 aliphatic rings. The topological polar surface area (TPSA) is 69.7 Å². The van der Waals surface area contributed by atoms with Gasteiger partial charge in [0.05, 0.1) is 11.1 Å². The highest BCUT2D eigenvalue weighted by Crippen LogP contribution is 2.28. The van der Waals surface area contributed by atoms with Gasteiger partial charge in [0.15, 0.2) is 0 Å². The van der Waals surface area contributed by atoms with Gasteiger partial charge < -0.3 is 5.32 Å². The number of nitrogens with zero attached hydrogens (tertiary/aromatic N) is 2. The molecule has 0 aromatic heterocycles. The number of piperazine rings is 1. The lowest BCUT2D eigenvalue weighted by Crippen LogP contribution is -2.54. The van der Waals surface area contributed by atoms with Crippen molar-refractivity contribution in [3.8, 4) is 0 Å². The van der Waals surface area contributed by atoms with Gasteiger partial charge in [-0.3, -0.25) is 9.69 Å². The minimum atomic E-state index is -3.71. The van der Waals surface area contributed by atoms with Crippen molar-refractivity contribution >= 4 is 39.1 Å². The molecule has 0 radical (unpaired) electrons. The highest BCUT2D eigenvalue weighted by molar-refractivity contribution is 7.89. The minimum Gasteiger partial charge on any atom is -0.355 e. The first kappa shape index (κ1) is 19.5. The molecule has 1 heterocycles. The number of benzene rings is 1. The molecule has 1 atom stereocenters. The molecule has 0 unspecified atom stereocenters. The lowest BCUT2D eigenvalue weighted by atomic mass is 10.2. The molecule has 9 heteroatoms. The normalized spacial score (nSPS) is 18.3. The highest BCUT2D eigenvalue weighted by Gasteiger charge is 2.32. The summed E-state index contributed by atoms with van der Waals surface area (Å²) in [5.74, 6) is -0.0494. The fraction of sp³-hybridized carbons (Fsp3) is 0.533. The SMILES string of the molecule is CCNC(=O)[C@H](C)N1CCN(S(=O)(=O)c2cc(Cl)ccc2Cl)CC1. The van der Waals surface area contributed by atoms with Crippen molar-refractivity contribution in [1.82, 2.24) is 14.5 Å². The molecule has 134 valence electrons. The number of hydrogen-bond donors (Lipinski definition) is 1. The fourth-order valence-electron chi connectivity index (χ4n) is 2.63. The molecule has 0 bridgehead atoms. The number of amides is 1. The largest absolute Gasteiger partial charge is 0.355 e. The lowest BCUT2D eigenvalue weighted by molar-refractivity contribution is -0.126. The van der Waals surface area contributed by atoms with Gasteiger partial charge in [-0.15, -0.1) is 0 Å². The van der Waals surface area contributed by atoms with Crippen molar-refractivity contribution in [1.29, 1.82) is 0 Å². The van der Waals surface area contributed by atoms with E-state index >= 15 is 0 Å². The zero-order valence-corrected chi connectivity index (χ0v) is 16.0. The number of rotatable bonds is 5. The molecule has 1 N–H and O–H groups in total. The van der Waals surface area contributed by atoms with E-state index in [1.165, 1.54) is 16.4 Å². The molecule has 6 nitrogen and oxygen atoms in total. The quantitative estimate of drug-likeness (QED) is 0.827. The summed E-state index contributed by atoms with van der Waals surface area (Å²) < 4.78 is 26.9. The Bertz CT molecular complexity index is 704. The molecule has 1 saturated heterocycles. The van der Waals surface area contributed by atoms with Crippen molar-refractivity contribution in [2.24, 2.45) is 0 Å². The summed E-state index contributed by atoms with van der Waals surface area (Å²) in [4.78, 5) is 13.9. The Morgan fingerprint density at radius 2 is 1.88 bits per heavy atom. The smallest absolute Gasteiger partial charge is 0.244 e. The third-order valence-corrected chi connectivity index (χ3v) is 6.68. The minimum absolute atomic E-state index is 0.0156. The number of sulfonamides is 1. The van der Waals surface area contributed by atoms with E-state index in [0.717, 1.165) is 0 Å². The maximum Gasteiger partial charge on any atom is 0.244 e. The van der Waals surface area contributed by atoms with E-state index in [2.05, 4.69) is 5.32 Å². The average Bonchev–Trinajstić information content (AvgIpc) is 2.56. The molecule has 0 spiro atoms. The van der Waals surface area contributed by atoms with Gasteiger partial charge in [0.25, 0.3) is 0 Å². The van der Waals surface area contributed by atoms with Crippen molar-refractivity contribution in [2.45, 2.75) is 24.8 Å². The van der Waals surface area contributed by atoms with E-state index in [4.69, 9.17) is 23.2 Å². The van der Waals surface area contributed by atoms with Crippen molar-refractivity contribution in [2.75, 3.05) is 32.7 Å². The summed E-state index contributed by atoms with van der Waals surface area (Å²) in [6.07, 6.45) is 0. The fourth-order valence-corrected chi connectivity index (χ4v) is 4.79. The van der Waals surface area contributed by atoms with Crippen molar-refractivity contribution in [3.63, 3.8) is 0 Å². The second kappa shape index (κ2) is 8.01. The van der Waals surface area contributed by atoms with Crippen LogP contribution in [-0.4, -0.2) is 62.3 Å². The summed E-state index contributed by atoms with van der Waals surface area (Å²) in [7, 11) is -3.71. The van der Waals surface area contributed by atoms with E-state index in [0.29, 0.717) is 37.7 Å². The predicted molar refractivity (Wildman–Crippen MR) is 94.9 cm³/mol. The summed E-state index contributed by atoms with van der Waals surface area (Å²) in [5, 5.41) is 3.25. The molecule has 1 aromatic rings. The first-order valence-corrected chi connectivity index (χ1v) is 9.94. The van der Waals surface area contributed by atoms with Gasteiger partial charge in [-0.1, -0.05) is 23.2 Å². The molecule has 1 aliphatic heterocycles. The van der Waals surface area contributed by atoms with E-state index in [-0.39, 0.29) is 21.9 Å². The number of hydrogen-bond acceptors (Lipinski definition) is 4. The molecule has 24 heavy (non-hydrogen) atoms. The molecular weight excluding hydrogens is 373 g/mol. The Kier molecular flexibility index (Phi) is 6.50. The van der Waals surface area contributed by atoms with Crippen LogP contribution in [0, 0.1) is 0 Å². The van der Waals surface area contributed by atoms with Crippen LogP contribution in [-0.2, 0) is 14.8 Å².